The van der Waals surface area contributed by atoms with Crippen molar-refractivity contribution in [1.29, 1.82) is 0 Å². The van der Waals surface area contributed by atoms with Crippen molar-refractivity contribution in [2.45, 2.75) is 4.90 Å². The number of sulfone groups is 1. The molecular weight excluding hydrogens is 376 g/mol. The van der Waals surface area contributed by atoms with Crippen LogP contribution in [0.25, 0.3) is 11.1 Å². The predicted octanol–water partition coefficient (Wildman–Crippen LogP) is 2.81. The summed E-state index contributed by atoms with van der Waals surface area (Å²) >= 11 is 0. The molecule has 1 amide bonds. The average Bonchev–Trinajstić information content (AvgIpc) is 3.01. The minimum atomic E-state index is -3.27. The molecule has 0 atom stereocenters. The monoisotopic (exact) mass is 398 g/mol. The Morgan fingerprint density at radius 1 is 1.04 bits per heavy atom. The maximum atomic E-state index is 12.6. The van der Waals surface area contributed by atoms with Gasteiger partial charge in [0.05, 0.1) is 4.90 Å². The highest BCUT2D eigenvalue weighted by molar-refractivity contribution is 7.90. The largest absolute Gasteiger partial charge is 0.378 e. The van der Waals surface area contributed by atoms with E-state index in [9.17, 15) is 13.2 Å². The molecule has 1 N–H and O–H groups in total. The Hall–Kier alpha value is -3.13. The number of carbonyl (C=O) groups excluding carboxylic acids is 1. The molecule has 0 aliphatic heterocycles. The Morgan fingerprint density at radius 3 is 2.18 bits per heavy atom. The maximum absolute atomic E-state index is 12.6. The van der Waals surface area contributed by atoms with Gasteiger partial charge in [0.25, 0.3) is 5.91 Å². The van der Waals surface area contributed by atoms with Gasteiger partial charge >= 0.3 is 0 Å². The highest BCUT2D eigenvalue weighted by Crippen LogP contribution is 2.28. The van der Waals surface area contributed by atoms with Crippen LogP contribution in [-0.2, 0) is 16.9 Å². The van der Waals surface area contributed by atoms with Crippen LogP contribution < -0.4 is 10.2 Å². The molecule has 0 aliphatic carbocycles. The SMILES string of the molecule is CN(C)c1ccc(C(=O)Nc2nn(C)cc2-c2ccc(S(C)(=O)=O)cc2)cc1. The van der Waals surface area contributed by atoms with Crippen molar-refractivity contribution in [2.75, 3.05) is 30.6 Å². The van der Waals surface area contributed by atoms with Crippen molar-refractivity contribution in [1.82, 2.24) is 9.78 Å². The number of amides is 1. The van der Waals surface area contributed by atoms with Gasteiger partial charge in [0, 0.05) is 50.4 Å². The molecule has 0 saturated carbocycles. The van der Waals surface area contributed by atoms with Gasteiger partial charge < -0.3 is 10.2 Å². The van der Waals surface area contributed by atoms with Crippen molar-refractivity contribution in [3.8, 4) is 11.1 Å². The van der Waals surface area contributed by atoms with E-state index in [4.69, 9.17) is 0 Å². The van der Waals surface area contributed by atoms with Gasteiger partial charge in [-0.3, -0.25) is 9.48 Å². The van der Waals surface area contributed by atoms with E-state index in [2.05, 4.69) is 10.4 Å². The van der Waals surface area contributed by atoms with Gasteiger partial charge in [-0.15, -0.1) is 0 Å². The molecule has 3 aromatic rings. The molecule has 1 aromatic heterocycles. The lowest BCUT2D eigenvalue weighted by molar-refractivity contribution is 0.102. The van der Waals surface area contributed by atoms with E-state index in [1.807, 2.05) is 31.1 Å². The smallest absolute Gasteiger partial charge is 0.256 e. The number of rotatable bonds is 5. The van der Waals surface area contributed by atoms with Crippen molar-refractivity contribution in [3.63, 3.8) is 0 Å². The van der Waals surface area contributed by atoms with Crippen molar-refractivity contribution >= 4 is 27.2 Å². The Bertz CT molecular complexity index is 1100. The first-order valence-corrected chi connectivity index (χ1v) is 10.5. The fourth-order valence-corrected chi connectivity index (χ4v) is 3.39. The lowest BCUT2D eigenvalue weighted by atomic mass is 10.1. The first-order valence-electron chi connectivity index (χ1n) is 8.58. The van der Waals surface area contributed by atoms with E-state index in [1.165, 1.54) is 6.26 Å². The third-order valence-electron chi connectivity index (χ3n) is 4.30. The number of hydrogen-bond donors (Lipinski definition) is 1. The van der Waals surface area contributed by atoms with Crippen LogP contribution in [-0.4, -0.2) is 44.5 Å². The third kappa shape index (κ3) is 4.23. The third-order valence-corrected chi connectivity index (χ3v) is 5.43. The zero-order chi connectivity index (χ0) is 20.5. The van der Waals surface area contributed by atoms with Gasteiger partial charge in [-0.25, -0.2) is 8.42 Å². The van der Waals surface area contributed by atoms with Gasteiger partial charge in [-0.2, -0.15) is 5.10 Å². The van der Waals surface area contributed by atoms with Crippen LogP contribution in [0.5, 0.6) is 0 Å². The van der Waals surface area contributed by atoms with Gasteiger partial charge in [-0.1, -0.05) is 12.1 Å². The molecule has 3 rings (SSSR count). The summed E-state index contributed by atoms with van der Waals surface area (Å²) in [6.45, 7) is 0. The molecule has 0 radical (unpaired) electrons. The van der Waals surface area contributed by atoms with E-state index in [1.54, 1.807) is 54.3 Å². The lowest BCUT2D eigenvalue weighted by Gasteiger charge is -2.12. The van der Waals surface area contributed by atoms with Crippen LogP contribution in [0, 0.1) is 0 Å². The van der Waals surface area contributed by atoms with E-state index in [0.717, 1.165) is 11.3 Å². The first kappa shape index (κ1) is 19.6. The summed E-state index contributed by atoms with van der Waals surface area (Å²) in [7, 11) is 2.36. The number of hydrogen-bond acceptors (Lipinski definition) is 5. The summed E-state index contributed by atoms with van der Waals surface area (Å²) in [6, 6.07) is 13.8. The Morgan fingerprint density at radius 2 is 1.64 bits per heavy atom. The number of anilines is 2. The quantitative estimate of drug-likeness (QED) is 0.714. The topological polar surface area (TPSA) is 84.3 Å². The van der Waals surface area contributed by atoms with Crippen LogP contribution in [0.4, 0.5) is 11.5 Å². The van der Waals surface area contributed by atoms with Crippen molar-refractivity contribution < 1.29 is 13.2 Å². The van der Waals surface area contributed by atoms with Crippen molar-refractivity contribution in [3.05, 3.63) is 60.3 Å². The normalized spacial score (nSPS) is 11.3. The molecule has 0 fully saturated rings. The van der Waals surface area contributed by atoms with E-state index in [0.29, 0.717) is 16.9 Å². The maximum Gasteiger partial charge on any atom is 0.256 e. The summed E-state index contributed by atoms with van der Waals surface area (Å²) in [5.41, 5.74) is 3.00. The molecule has 2 aromatic carbocycles. The number of aryl methyl sites for hydroxylation is 1. The Balaban J connectivity index is 1.87. The van der Waals surface area contributed by atoms with Crippen molar-refractivity contribution in [2.24, 2.45) is 7.05 Å². The van der Waals surface area contributed by atoms with Crippen LogP contribution in [0.1, 0.15) is 10.4 Å². The number of aromatic nitrogens is 2. The standard InChI is InChI=1S/C20H22N4O3S/c1-23(2)16-9-5-15(6-10-16)20(25)21-19-18(13-24(3)22-19)14-7-11-17(12-8-14)28(4,26)27/h5-13H,1-4H3,(H,21,22,25). The lowest BCUT2D eigenvalue weighted by Crippen LogP contribution is -2.14. The fraction of sp³-hybridized carbons (Fsp3) is 0.200. The molecule has 8 heteroatoms. The van der Waals surface area contributed by atoms with Crippen LogP contribution in [0.15, 0.2) is 59.6 Å². The summed E-state index contributed by atoms with van der Waals surface area (Å²) in [5.74, 6) is 0.148. The second kappa shape index (κ2) is 7.47. The van der Waals surface area contributed by atoms with Crippen LogP contribution in [0.2, 0.25) is 0 Å². The summed E-state index contributed by atoms with van der Waals surface area (Å²) in [4.78, 5) is 14.8. The van der Waals surface area contributed by atoms with Gasteiger partial charge in [-0.05, 0) is 42.0 Å². The molecule has 28 heavy (non-hydrogen) atoms. The summed E-state index contributed by atoms with van der Waals surface area (Å²) < 4.78 is 24.9. The van der Waals surface area contributed by atoms with Crippen LogP contribution >= 0.6 is 0 Å². The van der Waals surface area contributed by atoms with E-state index in [-0.39, 0.29) is 10.8 Å². The molecule has 146 valence electrons. The molecule has 7 nitrogen and oxygen atoms in total. The average molecular weight is 398 g/mol. The van der Waals surface area contributed by atoms with Crippen LogP contribution in [0.3, 0.4) is 0 Å². The van der Waals surface area contributed by atoms with Gasteiger partial charge in [0.1, 0.15) is 0 Å². The molecule has 0 aliphatic rings. The summed E-state index contributed by atoms with van der Waals surface area (Å²) in [5, 5.41) is 7.16. The fourth-order valence-electron chi connectivity index (χ4n) is 2.76. The van der Waals surface area contributed by atoms with Gasteiger partial charge in [0.15, 0.2) is 15.7 Å². The highest BCUT2D eigenvalue weighted by Gasteiger charge is 2.15. The molecule has 1 heterocycles. The number of carbonyl (C=O) groups is 1. The molecule has 0 unspecified atom stereocenters. The molecule has 0 bridgehead atoms. The number of nitrogens with one attached hydrogen (secondary N) is 1. The number of benzene rings is 2. The molecular formula is C20H22N4O3S. The van der Waals surface area contributed by atoms with Gasteiger partial charge in [0.2, 0.25) is 0 Å². The second-order valence-corrected chi connectivity index (χ2v) is 8.77. The Labute approximate surface area is 164 Å². The van der Waals surface area contributed by atoms with E-state index < -0.39 is 9.84 Å². The zero-order valence-electron chi connectivity index (χ0n) is 16.2. The first-order chi connectivity index (χ1) is 13.1. The minimum absolute atomic E-state index is 0.242. The number of nitrogens with zero attached hydrogens (tertiary/aromatic N) is 3. The zero-order valence-corrected chi connectivity index (χ0v) is 17.0. The predicted molar refractivity (Wildman–Crippen MR) is 110 cm³/mol. The summed E-state index contributed by atoms with van der Waals surface area (Å²) in [6.07, 6.45) is 2.94. The minimum Gasteiger partial charge on any atom is -0.378 e. The van der Waals surface area contributed by atoms with E-state index >= 15 is 0 Å². The highest BCUT2D eigenvalue weighted by atomic mass is 32.2. The molecule has 0 spiro atoms. The Kier molecular flexibility index (Phi) is 5.24. The second-order valence-electron chi connectivity index (χ2n) is 6.76. The molecule has 0 saturated heterocycles.